The van der Waals surface area contributed by atoms with Gasteiger partial charge in [-0.15, -0.1) is 6.42 Å². The fraction of sp³-hybridized carbons (Fsp3) is 0.261. The van der Waals surface area contributed by atoms with E-state index in [1.807, 2.05) is 60.0 Å². The Morgan fingerprint density at radius 3 is 2.57 bits per heavy atom. The number of aryl methyl sites for hydroxylation is 1. The Balaban J connectivity index is 1.72. The summed E-state index contributed by atoms with van der Waals surface area (Å²) in [5.41, 5.74) is 3.10. The van der Waals surface area contributed by atoms with Gasteiger partial charge in [0.15, 0.2) is 10.6 Å². The van der Waals surface area contributed by atoms with Gasteiger partial charge in [-0.1, -0.05) is 35.7 Å². The Morgan fingerprint density at radius 2 is 1.93 bits per heavy atom. The predicted octanol–water partition coefficient (Wildman–Crippen LogP) is 3.98. The van der Waals surface area contributed by atoms with Gasteiger partial charge in [0.1, 0.15) is 5.75 Å². The molecule has 0 saturated carbocycles. The van der Waals surface area contributed by atoms with E-state index in [1.54, 1.807) is 12.0 Å². The van der Waals surface area contributed by atoms with Crippen molar-refractivity contribution in [2.45, 2.75) is 26.4 Å². The molecule has 1 aromatic heterocycles. The summed E-state index contributed by atoms with van der Waals surface area (Å²) in [6.45, 7) is 3.17. The van der Waals surface area contributed by atoms with Crippen LogP contribution in [0.25, 0.3) is 11.4 Å². The monoisotopic (exact) mass is 420 g/mol. The van der Waals surface area contributed by atoms with E-state index >= 15 is 0 Å². The number of H-pyrrole nitrogens is 1. The van der Waals surface area contributed by atoms with Gasteiger partial charge in [-0.3, -0.25) is 14.5 Å². The number of hydrogen-bond acceptors (Lipinski definition) is 4. The standard InChI is InChI=1S/C23H24N4O2S/c1-4-14-26(16-18-7-5-17(2)6-8-18)21(28)13-15-27-22(24-25-23(27)30)19-9-11-20(29-3)12-10-19/h1,5-12H,13-16H2,2-3H3,(H,25,30). The van der Waals surface area contributed by atoms with E-state index in [0.29, 0.717) is 23.7 Å². The van der Waals surface area contributed by atoms with E-state index in [9.17, 15) is 4.79 Å². The van der Waals surface area contributed by atoms with Crippen LogP contribution in [0.5, 0.6) is 5.75 Å². The van der Waals surface area contributed by atoms with Crippen molar-refractivity contribution in [1.82, 2.24) is 19.7 Å². The average molecular weight is 421 g/mol. The minimum Gasteiger partial charge on any atom is -0.497 e. The molecule has 6 nitrogen and oxygen atoms in total. The molecular formula is C23H24N4O2S. The first kappa shape index (κ1) is 21.3. The number of carbonyl (C=O) groups is 1. The summed E-state index contributed by atoms with van der Waals surface area (Å²) < 4.78 is 7.50. The fourth-order valence-electron chi connectivity index (χ4n) is 3.11. The number of benzene rings is 2. The molecule has 0 aliphatic rings. The normalized spacial score (nSPS) is 10.4. The van der Waals surface area contributed by atoms with E-state index in [-0.39, 0.29) is 18.9 Å². The number of aromatic nitrogens is 3. The lowest BCUT2D eigenvalue weighted by Crippen LogP contribution is -2.31. The van der Waals surface area contributed by atoms with Crippen molar-refractivity contribution in [3.63, 3.8) is 0 Å². The summed E-state index contributed by atoms with van der Waals surface area (Å²) in [6, 6.07) is 15.6. The minimum absolute atomic E-state index is 0.0303. The predicted molar refractivity (Wildman–Crippen MR) is 119 cm³/mol. The molecule has 0 spiro atoms. The third kappa shape index (κ3) is 5.16. The highest BCUT2D eigenvalue weighted by Crippen LogP contribution is 2.21. The van der Waals surface area contributed by atoms with Gasteiger partial charge in [0.2, 0.25) is 5.91 Å². The van der Waals surface area contributed by atoms with Crippen LogP contribution in [-0.4, -0.2) is 39.2 Å². The van der Waals surface area contributed by atoms with Crippen LogP contribution in [0.2, 0.25) is 0 Å². The highest BCUT2D eigenvalue weighted by molar-refractivity contribution is 7.71. The zero-order valence-corrected chi connectivity index (χ0v) is 17.9. The van der Waals surface area contributed by atoms with Crippen molar-refractivity contribution in [2.75, 3.05) is 13.7 Å². The van der Waals surface area contributed by atoms with Crippen molar-refractivity contribution in [3.05, 3.63) is 64.4 Å². The van der Waals surface area contributed by atoms with Crippen LogP contribution in [0.4, 0.5) is 0 Å². The topological polar surface area (TPSA) is 63.1 Å². The van der Waals surface area contributed by atoms with E-state index in [4.69, 9.17) is 23.4 Å². The van der Waals surface area contributed by atoms with Crippen LogP contribution in [0.1, 0.15) is 17.5 Å². The molecule has 0 radical (unpaired) electrons. The molecule has 0 unspecified atom stereocenters. The number of hydrogen-bond donors (Lipinski definition) is 1. The van der Waals surface area contributed by atoms with Gasteiger partial charge in [0.05, 0.1) is 13.7 Å². The van der Waals surface area contributed by atoms with Crippen LogP contribution >= 0.6 is 12.2 Å². The molecule has 2 aromatic carbocycles. The molecule has 0 fully saturated rings. The SMILES string of the molecule is C#CCN(Cc1ccc(C)cc1)C(=O)CCn1c(-c2ccc(OC)cc2)n[nH]c1=S. The van der Waals surface area contributed by atoms with E-state index in [1.165, 1.54) is 5.56 Å². The molecule has 30 heavy (non-hydrogen) atoms. The number of carbonyl (C=O) groups excluding carboxylic acids is 1. The summed E-state index contributed by atoms with van der Waals surface area (Å²) in [5.74, 6) is 3.99. The molecule has 7 heteroatoms. The maximum Gasteiger partial charge on any atom is 0.225 e. The molecule has 0 atom stereocenters. The quantitative estimate of drug-likeness (QED) is 0.442. The first-order chi connectivity index (χ1) is 14.5. The molecule has 154 valence electrons. The number of methoxy groups -OCH3 is 1. The lowest BCUT2D eigenvalue weighted by Gasteiger charge is -2.21. The second-order valence-electron chi connectivity index (χ2n) is 6.92. The maximum absolute atomic E-state index is 12.9. The summed E-state index contributed by atoms with van der Waals surface area (Å²) >= 11 is 5.37. The zero-order valence-electron chi connectivity index (χ0n) is 17.1. The van der Waals surface area contributed by atoms with Crippen LogP contribution in [0.3, 0.4) is 0 Å². The Labute approximate surface area is 181 Å². The number of nitrogens with one attached hydrogen (secondary N) is 1. The van der Waals surface area contributed by atoms with Crippen LogP contribution < -0.4 is 4.74 Å². The number of amides is 1. The lowest BCUT2D eigenvalue weighted by atomic mass is 10.1. The molecule has 0 bridgehead atoms. The molecule has 0 saturated heterocycles. The van der Waals surface area contributed by atoms with Gasteiger partial charge in [0.25, 0.3) is 0 Å². The summed E-state index contributed by atoms with van der Waals surface area (Å²) in [4.78, 5) is 14.6. The maximum atomic E-state index is 12.9. The van der Waals surface area contributed by atoms with Gasteiger partial charge < -0.3 is 9.64 Å². The second kappa shape index (κ2) is 9.90. The first-order valence-corrected chi connectivity index (χ1v) is 9.99. The summed E-state index contributed by atoms with van der Waals surface area (Å²) in [6.07, 6.45) is 5.76. The molecule has 3 rings (SSSR count). The van der Waals surface area contributed by atoms with E-state index < -0.39 is 0 Å². The molecule has 0 aliphatic heterocycles. The van der Waals surface area contributed by atoms with Gasteiger partial charge in [-0.25, -0.2) is 0 Å². The lowest BCUT2D eigenvalue weighted by molar-refractivity contribution is -0.131. The number of terminal acetylenes is 1. The molecule has 3 aromatic rings. The third-order valence-electron chi connectivity index (χ3n) is 4.78. The van der Waals surface area contributed by atoms with Crippen molar-refractivity contribution < 1.29 is 9.53 Å². The molecule has 1 heterocycles. The van der Waals surface area contributed by atoms with Crippen molar-refractivity contribution in [1.29, 1.82) is 0 Å². The van der Waals surface area contributed by atoms with Crippen LogP contribution in [0.15, 0.2) is 48.5 Å². The highest BCUT2D eigenvalue weighted by atomic mass is 32.1. The summed E-state index contributed by atoms with van der Waals surface area (Å²) in [5, 5.41) is 7.14. The van der Waals surface area contributed by atoms with Gasteiger partial charge in [-0.05, 0) is 49.0 Å². The van der Waals surface area contributed by atoms with Crippen LogP contribution in [0, 0.1) is 24.0 Å². The van der Waals surface area contributed by atoms with Crippen LogP contribution in [-0.2, 0) is 17.9 Å². The van der Waals surface area contributed by atoms with Gasteiger partial charge in [-0.2, -0.15) is 5.10 Å². The number of ether oxygens (including phenoxy) is 1. The zero-order chi connectivity index (χ0) is 21.5. The van der Waals surface area contributed by atoms with E-state index in [2.05, 4.69) is 16.1 Å². The molecule has 1 amide bonds. The number of nitrogens with zero attached hydrogens (tertiary/aromatic N) is 3. The Morgan fingerprint density at radius 1 is 1.23 bits per heavy atom. The van der Waals surface area contributed by atoms with Gasteiger partial charge >= 0.3 is 0 Å². The van der Waals surface area contributed by atoms with Crippen molar-refractivity contribution in [2.24, 2.45) is 0 Å². The Kier molecular flexibility index (Phi) is 7.04. The van der Waals surface area contributed by atoms with Crippen molar-refractivity contribution in [3.8, 4) is 29.5 Å². The Bertz CT molecular complexity index is 1090. The number of rotatable bonds is 8. The smallest absolute Gasteiger partial charge is 0.225 e. The fourth-order valence-corrected chi connectivity index (χ4v) is 3.33. The van der Waals surface area contributed by atoms with E-state index in [0.717, 1.165) is 16.9 Å². The first-order valence-electron chi connectivity index (χ1n) is 9.58. The molecule has 0 aliphatic carbocycles. The highest BCUT2D eigenvalue weighted by Gasteiger charge is 2.16. The second-order valence-corrected chi connectivity index (χ2v) is 7.31. The van der Waals surface area contributed by atoms with Gasteiger partial charge in [0, 0.05) is 25.1 Å². The number of aromatic amines is 1. The minimum atomic E-state index is -0.0303. The largest absolute Gasteiger partial charge is 0.497 e. The molecular weight excluding hydrogens is 396 g/mol. The summed E-state index contributed by atoms with van der Waals surface area (Å²) in [7, 11) is 1.62. The van der Waals surface area contributed by atoms with Crippen molar-refractivity contribution >= 4 is 18.1 Å². The molecule has 1 N–H and O–H groups in total. The average Bonchev–Trinajstić information content (AvgIpc) is 3.13. The third-order valence-corrected chi connectivity index (χ3v) is 5.10. The Hall–Kier alpha value is -3.37.